The van der Waals surface area contributed by atoms with Gasteiger partial charge in [-0.05, 0) is 31.5 Å². The largest absolute Gasteiger partial charge is 0.491 e. The Morgan fingerprint density at radius 3 is 2.47 bits per heavy atom. The highest BCUT2D eigenvalue weighted by Crippen LogP contribution is 2.25. The van der Waals surface area contributed by atoms with Gasteiger partial charge in [0.15, 0.2) is 0 Å². The molecular formula is C13H15N3O. The van der Waals surface area contributed by atoms with Gasteiger partial charge in [-0.2, -0.15) is 0 Å². The lowest BCUT2D eigenvalue weighted by atomic mass is 10.1. The summed E-state index contributed by atoms with van der Waals surface area (Å²) in [7, 11) is 0. The van der Waals surface area contributed by atoms with Crippen LogP contribution in [0.2, 0.25) is 0 Å². The van der Waals surface area contributed by atoms with Gasteiger partial charge >= 0.3 is 0 Å². The van der Waals surface area contributed by atoms with Crippen LogP contribution in [0.4, 0.5) is 5.82 Å². The number of nitrogens with two attached hydrogens (primary N) is 1. The molecule has 2 rings (SSSR count). The number of hydrogen-bond donors (Lipinski definition) is 1. The predicted molar refractivity (Wildman–Crippen MR) is 67.6 cm³/mol. The van der Waals surface area contributed by atoms with Crippen LogP contribution in [0.15, 0.2) is 36.8 Å². The first kappa shape index (κ1) is 11.4. The topological polar surface area (TPSA) is 61.0 Å². The van der Waals surface area contributed by atoms with Crippen LogP contribution < -0.4 is 10.5 Å². The van der Waals surface area contributed by atoms with Gasteiger partial charge in [0.05, 0.1) is 6.10 Å². The standard InChI is InChI=1S/C13H15N3O/c1-9(2)17-11-5-3-10(4-6-11)12-7-15-8-16-13(12)14/h3-9H,1-2H3,(H2,14,15,16). The van der Waals surface area contributed by atoms with Gasteiger partial charge in [0.2, 0.25) is 0 Å². The average molecular weight is 229 g/mol. The third kappa shape index (κ3) is 2.72. The molecule has 0 fully saturated rings. The van der Waals surface area contributed by atoms with E-state index in [1.165, 1.54) is 6.33 Å². The minimum absolute atomic E-state index is 0.172. The molecule has 0 radical (unpaired) electrons. The molecule has 2 N–H and O–H groups in total. The molecule has 0 aliphatic rings. The van der Waals surface area contributed by atoms with Crippen molar-refractivity contribution in [3.63, 3.8) is 0 Å². The van der Waals surface area contributed by atoms with Crippen LogP contribution in [-0.2, 0) is 0 Å². The van der Waals surface area contributed by atoms with Gasteiger partial charge in [-0.3, -0.25) is 0 Å². The summed E-state index contributed by atoms with van der Waals surface area (Å²) in [6.07, 6.45) is 3.32. The highest BCUT2D eigenvalue weighted by Gasteiger charge is 2.04. The molecule has 0 atom stereocenters. The van der Waals surface area contributed by atoms with Crippen LogP contribution in [0, 0.1) is 0 Å². The molecule has 4 heteroatoms. The molecule has 0 saturated heterocycles. The van der Waals surface area contributed by atoms with Crippen LogP contribution in [0.25, 0.3) is 11.1 Å². The maximum atomic E-state index is 5.79. The molecule has 2 aromatic rings. The molecular weight excluding hydrogens is 214 g/mol. The highest BCUT2D eigenvalue weighted by molar-refractivity contribution is 5.72. The smallest absolute Gasteiger partial charge is 0.134 e. The van der Waals surface area contributed by atoms with E-state index >= 15 is 0 Å². The Morgan fingerprint density at radius 2 is 1.88 bits per heavy atom. The third-order valence-corrected chi connectivity index (χ3v) is 2.28. The number of benzene rings is 1. The Kier molecular flexibility index (Phi) is 3.23. The summed E-state index contributed by atoms with van der Waals surface area (Å²) in [5.41, 5.74) is 7.61. The van der Waals surface area contributed by atoms with Crippen molar-refractivity contribution in [1.82, 2.24) is 9.97 Å². The summed E-state index contributed by atoms with van der Waals surface area (Å²) < 4.78 is 5.57. The molecule has 1 aromatic carbocycles. The molecule has 17 heavy (non-hydrogen) atoms. The second-order valence-electron chi connectivity index (χ2n) is 4.01. The van der Waals surface area contributed by atoms with Gasteiger partial charge in [0.1, 0.15) is 17.9 Å². The average Bonchev–Trinajstić information content (AvgIpc) is 2.30. The maximum Gasteiger partial charge on any atom is 0.134 e. The number of ether oxygens (including phenoxy) is 1. The monoisotopic (exact) mass is 229 g/mol. The van der Waals surface area contributed by atoms with Crippen molar-refractivity contribution < 1.29 is 4.74 Å². The van der Waals surface area contributed by atoms with E-state index in [-0.39, 0.29) is 6.10 Å². The van der Waals surface area contributed by atoms with Gasteiger partial charge in [0, 0.05) is 11.8 Å². The minimum Gasteiger partial charge on any atom is -0.491 e. The van der Waals surface area contributed by atoms with Gasteiger partial charge in [-0.25, -0.2) is 9.97 Å². The molecule has 0 spiro atoms. The summed E-state index contributed by atoms with van der Waals surface area (Å²) in [5, 5.41) is 0. The van der Waals surface area contributed by atoms with Crippen LogP contribution in [0.3, 0.4) is 0 Å². The molecule has 0 amide bonds. The molecule has 0 saturated carbocycles. The van der Waals surface area contributed by atoms with Crippen molar-refractivity contribution in [2.45, 2.75) is 20.0 Å². The fourth-order valence-corrected chi connectivity index (χ4v) is 1.55. The van der Waals surface area contributed by atoms with E-state index in [4.69, 9.17) is 10.5 Å². The van der Waals surface area contributed by atoms with Crippen molar-refractivity contribution >= 4 is 5.82 Å². The van der Waals surface area contributed by atoms with Gasteiger partial charge in [-0.15, -0.1) is 0 Å². The lowest BCUT2D eigenvalue weighted by Crippen LogP contribution is -2.05. The summed E-state index contributed by atoms with van der Waals surface area (Å²) >= 11 is 0. The molecule has 88 valence electrons. The van der Waals surface area contributed by atoms with Crippen molar-refractivity contribution in [2.75, 3.05) is 5.73 Å². The molecule has 0 aliphatic heterocycles. The van der Waals surface area contributed by atoms with Crippen LogP contribution in [0.1, 0.15) is 13.8 Å². The first-order valence-electron chi connectivity index (χ1n) is 5.49. The molecule has 4 nitrogen and oxygen atoms in total. The maximum absolute atomic E-state index is 5.79. The fraction of sp³-hybridized carbons (Fsp3) is 0.231. The van der Waals surface area contributed by atoms with Crippen molar-refractivity contribution in [3.05, 3.63) is 36.8 Å². The van der Waals surface area contributed by atoms with Gasteiger partial charge < -0.3 is 10.5 Å². The number of rotatable bonds is 3. The minimum atomic E-state index is 0.172. The number of nitrogen functional groups attached to an aromatic ring is 1. The van der Waals surface area contributed by atoms with Crippen LogP contribution in [0.5, 0.6) is 5.75 Å². The van der Waals surface area contributed by atoms with E-state index in [1.807, 2.05) is 38.1 Å². The summed E-state index contributed by atoms with van der Waals surface area (Å²) in [6, 6.07) is 7.74. The normalized spacial score (nSPS) is 10.5. The van der Waals surface area contributed by atoms with E-state index in [2.05, 4.69) is 9.97 Å². The van der Waals surface area contributed by atoms with E-state index in [0.29, 0.717) is 5.82 Å². The second-order valence-corrected chi connectivity index (χ2v) is 4.01. The number of hydrogen-bond acceptors (Lipinski definition) is 4. The highest BCUT2D eigenvalue weighted by atomic mass is 16.5. The van der Waals surface area contributed by atoms with E-state index < -0.39 is 0 Å². The Hall–Kier alpha value is -2.10. The zero-order valence-corrected chi connectivity index (χ0v) is 9.92. The zero-order chi connectivity index (χ0) is 12.3. The SMILES string of the molecule is CC(C)Oc1ccc(-c2cncnc2N)cc1. The van der Waals surface area contributed by atoms with E-state index in [0.717, 1.165) is 16.9 Å². The van der Waals surface area contributed by atoms with E-state index in [1.54, 1.807) is 6.20 Å². The molecule has 0 aliphatic carbocycles. The lowest BCUT2D eigenvalue weighted by molar-refractivity contribution is 0.242. The quantitative estimate of drug-likeness (QED) is 0.878. The van der Waals surface area contributed by atoms with Crippen LogP contribution in [-0.4, -0.2) is 16.1 Å². The zero-order valence-electron chi connectivity index (χ0n) is 9.92. The molecule has 0 bridgehead atoms. The Morgan fingerprint density at radius 1 is 1.18 bits per heavy atom. The summed E-state index contributed by atoms with van der Waals surface area (Å²) in [6.45, 7) is 3.99. The molecule has 1 aromatic heterocycles. The number of anilines is 1. The van der Waals surface area contributed by atoms with Gasteiger partial charge in [0.25, 0.3) is 0 Å². The van der Waals surface area contributed by atoms with Crippen LogP contribution >= 0.6 is 0 Å². The third-order valence-electron chi connectivity index (χ3n) is 2.28. The molecule has 1 heterocycles. The predicted octanol–water partition coefficient (Wildman–Crippen LogP) is 2.51. The molecule has 0 unspecified atom stereocenters. The first-order chi connectivity index (χ1) is 8.16. The van der Waals surface area contributed by atoms with Gasteiger partial charge in [-0.1, -0.05) is 12.1 Å². The van der Waals surface area contributed by atoms with Crippen molar-refractivity contribution in [2.24, 2.45) is 0 Å². The fourth-order valence-electron chi connectivity index (χ4n) is 1.55. The Bertz CT molecular complexity index is 494. The van der Waals surface area contributed by atoms with E-state index in [9.17, 15) is 0 Å². The summed E-state index contributed by atoms with van der Waals surface area (Å²) in [5.74, 6) is 1.33. The first-order valence-corrected chi connectivity index (χ1v) is 5.49. The Balaban J connectivity index is 2.27. The van der Waals surface area contributed by atoms with Crippen molar-refractivity contribution in [1.29, 1.82) is 0 Å². The number of aromatic nitrogens is 2. The van der Waals surface area contributed by atoms with Crippen molar-refractivity contribution in [3.8, 4) is 16.9 Å². The Labute approximate surface area is 100 Å². The second kappa shape index (κ2) is 4.82. The summed E-state index contributed by atoms with van der Waals surface area (Å²) in [4.78, 5) is 7.93. The number of nitrogens with zero attached hydrogens (tertiary/aromatic N) is 2. The lowest BCUT2D eigenvalue weighted by Gasteiger charge is -2.10.